The van der Waals surface area contributed by atoms with Gasteiger partial charge in [0.05, 0.1) is 11.1 Å². The van der Waals surface area contributed by atoms with Crippen LogP contribution in [0.1, 0.15) is 18.9 Å². The maximum atomic E-state index is 5.70. The third-order valence-corrected chi connectivity index (χ3v) is 3.16. The first kappa shape index (κ1) is 15.5. The predicted molar refractivity (Wildman–Crippen MR) is 84.1 cm³/mol. The quantitative estimate of drug-likeness (QED) is 0.856. The Balaban J connectivity index is 2.25. The minimum absolute atomic E-state index is 0.185. The molecule has 0 radical (unpaired) electrons. The maximum Gasteiger partial charge on any atom is 0.330 e. The summed E-state index contributed by atoms with van der Waals surface area (Å²) in [4.78, 5) is 12.4. The van der Waals surface area contributed by atoms with Crippen LogP contribution in [0, 0.1) is 6.92 Å². The van der Waals surface area contributed by atoms with Gasteiger partial charge in [0.15, 0.2) is 0 Å². The zero-order chi connectivity index (χ0) is 15.2. The third kappa shape index (κ3) is 4.29. The van der Waals surface area contributed by atoms with Gasteiger partial charge in [0.25, 0.3) is 0 Å². The van der Waals surface area contributed by atoms with E-state index in [2.05, 4.69) is 36.2 Å². The van der Waals surface area contributed by atoms with E-state index in [1.54, 1.807) is 7.05 Å². The second kappa shape index (κ2) is 7.21. The SMILES string of the molecule is CCCOc1nc(NC)nc(Oc2ccc(C)cc2Br)n1. The number of aryl methyl sites for hydroxylation is 1. The van der Waals surface area contributed by atoms with Gasteiger partial charge in [-0.1, -0.05) is 13.0 Å². The molecule has 0 fully saturated rings. The Labute approximate surface area is 132 Å². The molecule has 0 saturated carbocycles. The maximum absolute atomic E-state index is 5.70. The van der Waals surface area contributed by atoms with Crippen LogP contribution in [0.3, 0.4) is 0 Å². The molecule has 0 amide bonds. The molecule has 1 aromatic carbocycles. The minimum Gasteiger partial charge on any atom is -0.463 e. The highest BCUT2D eigenvalue weighted by Gasteiger charge is 2.10. The number of hydrogen-bond acceptors (Lipinski definition) is 6. The fourth-order valence-electron chi connectivity index (χ4n) is 1.54. The number of aromatic nitrogens is 3. The molecular weight excluding hydrogens is 336 g/mol. The molecule has 0 atom stereocenters. The summed E-state index contributed by atoms with van der Waals surface area (Å²) < 4.78 is 12.0. The zero-order valence-corrected chi connectivity index (χ0v) is 13.8. The number of nitrogens with zero attached hydrogens (tertiary/aromatic N) is 3. The number of benzene rings is 1. The van der Waals surface area contributed by atoms with Crippen LogP contribution in [0.4, 0.5) is 5.95 Å². The highest BCUT2D eigenvalue weighted by atomic mass is 79.9. The van der Waals surface area contributed by atoms with E-state index < -0.39 is 0 Å². The Morgan fingerprint density at radius 1 is 1.19 bits per heavy atom. The van der Waals surface area contributed by atoms with Gasteiger partial charge in [-0.3, -0.25) is 0 Å². The van der Waals surface area contributed by atoms with Gasteiger partial charge in [-0.15, -0.1) is 4.98 Å². The van der Waals surface area contributed by atoms with Gasteiger partial charge in [0, 0.05) is 7.05 Å². The molecule has 21 heavy (non-hydrogen) atoms. The Morgan fingerprint density at radius 2 is 1.95 bits per heavy atom. The monoisotopic (exact) mass is 352 g/mol. The largest absolute Gasteiger partial charge is 0.463 e. The van der Waals surface area contributed by atoms with Gasteiger partial charge in [-0.05, 0) is 47.0 Å². The number of halogens is 1. The summed E-state index contributed by atoms with van der Waals surface area (Å²) in [5, 5.41) is 2.86. The fraction of sp³-hybridized carbons (Fsp3) is 0.357. The Morgan fingerprint density at radius 3 is 2.62 bits per heavy atom. The van der Waals surface area contributed by atoms with Crippen molar-refractivity contribution in [3.05, 3.63) is 28.2 Å². The molecule has 0 aliphatic rings. The van der Waals surface area contributed by atoms with Gasteiger partial charge in [-0.25, -0.2) is 0 Å². The highest BCUT2D eigenvalue weighted by Crippen LogP contribution is 2.29. The Hall–Kier alpha value is -1.89. The summed E-state index contributed by atoms with van der Waals surface area (Å²) in [6, 6.07) is 6.20. The van der Waals surface area contributed by atoms with Crippen LogP contribution in [0.15, 0.2) is 22.7 Å². The van der Waals surface area contributed by atoms with Crippen molar-refractivity contribution in [2.75, 3.05) is 19.0 Å². The van der Waals surface area contributed by atoms with E-state index in [-0.39, 0.29) is 12.0 Å². The van der Waals surface area contributed by atoms with Crippen molar-refractivity contribution in [3.63, 3.8) is 0 Å². The lowest BCUT2D eigenvalue weighted by atomic mass is 10.2. The van der Waals surface area contributed by atoms with Crippen LogP contribution in [-0.2, 0) is 0 Å². The average Bonchev–Trinajstić information content (AvgIpc) is 2.48. The summed E-state index contributed by atoms with van der Waals surface area (Å²) >= 11 is 3.46. The molecule has 7 heteroatoms. The first-order valence-corrected chi connectivity index (χ1v) is 7.42. The van der Waals surface area contributed by atoms with Crippen LogP contribution in [0.25, 0.3) is 0 Å². The Kier molecular flexibility index (Phi) is 5.32. The molecule has 1 N–H and O–H groups in total. The smallest absolute Gasteiger partial charge is 0.330 e. The number of hydrogen-bond donors (Lipinski definition) is 1. The lowest BCUT2D eigenvalue weighted by Crippen LogP contribution is -2.06. The van der Waals surface area contributed by atoms with Crippen LogP contribution in [0.5, 0.6) is 17.8 Å². The molecule has 0 spiro atoms. The van der Waals surface area contributed by atoms with Gasteiger partial charge in [0.2, 0.25) is 5.95 Å². The van der Waals surface area contributed by atoms with Crippen LogP contribution in [-0.4, -0.2) is 28.6 Å². The van der Waals surface area contributed by atoms with Crippen molar-refractivity contribution in [3.8, 4) is 17.8 Å². The van der Waals surface area contributed by atoms with Gasteiger partial charge in [-0.2, -0.15) is 9.97 Å². The number of nitrogens with one attached hydrogen (secondary N) is 1. The molecule has 112 valence electrons. The zero-order valence-electron chi connectivity index (χ0n) is 12.2. The molecular formula is C14H17BrN4O2. The second-order valence-corrected chi connectivity index (χ2v) is 5.21. The fourth-order valence-corrected chi connectivity index (χ4v) is 2.11. The van der Waals surface area contributed by atoms with E-state index in [1.807, 2.05) is 32.0 Å². The van der Waals surface area contributed by atoms with Crippen LogP contribution >= 0.6 is 15.9 Å². The summed E-state index contributed by atoms with van der Waals surface area (Å²) in [6.07, 6.45) is 0.875. The standard InChI is InChI=1S/C14H17BrN4O2/c1-4-7-20-13-17-12(16-3)18-14(19-13)21-11-6-5-9(2)8-10(11)15/h5-6,8H,4,7H2,1-3H3,(H,16,17,18,19). The van der Waals surface area contributed by atoms with E-state index in [0.29, 0.717) is 18.3 Å². The van der Waals surface area contributed by atoms with Crippen LogP contribution < -0.4 is 14.8 Å². The lowest BCUT2D eigenvalue weighted by molar-refractivity contribution is 0.285. The first-order valence-electron chi connectivity index (χ1n) is 6.63. The number of anilines is 1. The van der Waals surface area contributed by atoms with E-state index in [4.69, 9.17) is 9.47 Å². The summed E-state index contributed by atoms with van der Waals surface area (Å²) in [7, 11) is 1.73. The summed E-state index contributed by atoms with van der Waals surface area (Å²) in [5.74, 6) is 1.03. The molecule has 1 aromatic heterocycles. The van der Waals surface area contributed by atoms with Crippen molar-refractivity contribution in [2.24, 2.45) is 0 Å². The first-order chi connectivity index (χ1) is 10.1. The Bertz CT molecular complexity index is 622. The molecule has 0 unspecified atom stereocenters. The second-order valence-electron chi connectivity index (χ2n) is 4.36. The normalized spacial score (nSPS) is 10.3. The van der Waals surface area contributed by atoms with Crippen molar-refractivity contribution >= 4 is 21.9 Å². The minimum atomic E-state index is 0.185. The molecule has 2 rings (SSSR count). The molecule has 0 aliphatic carbocycles. The van der Waals surface area contributed by atoms with E-state index >= 15 is 0 Å². The lowest BCUT2D eigenvalue weighted by Gasteiger charge is -2.09. The topological polar surface area (TPSA) is 69.2 Å². The molecule has 2 aromatic rings. The van der Waals surface area contributed by atoms with E-state index in [1.165, 1.54) is 0 Å². The summed E-state index contributed by atoms with van der Waals surface area (Å²) in [5.41, 5.74) is 1.13. The van der Waals surface area contributed by atoms with Crippen molar-refractivity contribution in [2.45, 2.75) is 20.3 Å². The van der Waals surface area contributed by atoms with Crippen molar-refractivity contribution in [1.82, 2.24) is 15.0 Å². The van der Waals surface area contributed by atoms with Crippen molar-refractivity contribution in [1.29, 1.82) is 0 Å². The summed E-state index contributed by atoms with van der Waals surface area (Å²) in [6.45, 7) is 4.56. The van der Waals surface area contributed by atoms with E-state index in [9.17, 15) is 0 Å². The number of ether oxygens (including phenoxy) is 2. The molecule has 1 heterocycles. The molecule has 0 aliphatic heterocycles. The predicted octanol–water partition coefficient (Wildman–Crippen LogP) is 3.57. The van der Waals surface area contributed by atoms with Gasteiger partial charge < -0.3 is 14.8 Å². The van der Waals surface area contributed by atoms with Gasteiger partial charge in [0.1, 0.15) is 5.75 Å². The van der Waals surface area contributed by atoms with Crippen molar-refractivity contribution < 1.29 is 9.47 Å². The van der Waals surface area contributed by atoms with Gasteiger partial charge >= 0.3 is 12.0 Å². The number of rotatable bonds is 6. The van der Waals surface area contributed by atoms with Crippen LogP contribution in [0.2, 0.25) is 0 Å². The molecule has 0 saturated heterocycles. The third-order valence-electron chi connectivity index (χ3n) is 2.54. The van der Waals surface area contributed by atoms with E-state index in [0.717, 1.165) is 16.5 Å². The molecule has 6 nitrogen and oxygen atoms in total. The average molecular weight is 353 g/mol. The highest BCUT2D eigenvalue weighted by molar-refractivity contribution is 9.10. The molecule has 0 bridgehead atoms.